The molecule has 26 heavy (non-hydrogen) atoms. The maximum Gasteiger partial charge on any atom is 0.317 e. The highest BCUT2D eigenvalue weighted by Gasteiger charge is 2.28. The van der Waals surface area contributed by atoms with E-state index in [4.69, 9.17) is 0 Å². The number of hydrogen-bond donors (Lipinski definition) is 2. The van der Waals surface area contributed by atoms with E-state index in [1.165, 1.54) is 12.1 Å². The van der Waals surface area contributed by atoms with E-state index in [-0.39, 0.29) is 17.9 Å². The number of amides is 2. The fourth-order valence-electron chi connectivity index (χ4n) is 3.44. The largest absolute Gasteiger partial charge is 0.389 e. The number of carbonyl (C=O) groups excluding carboxylic acids is 1. The van der Waals surface area contributed by atoms with E-state index in [0.717, 1.165) is 36.1 Å². The second-order valence-corrected chi connectivity index (χ2v) is 6.90. The SMILES string of the molecule is C[C@@H](O)c1ccc(CNC(=O)N2CCC[C@H]2Cc2cccc(F)c2)cc1. The summed E-state index contributed by atoms with van der Waals surface area (Å²) in [5, 5.41) is 12.5. The van der Waals surface area contributed by atoms with Gasteiger partial charge in [-0.05, 0) is 55.0 Å². The second-order valence-electron chi connectivity index (χ2n) is 6.90. The van der Waals surface area contributed by atoms with Gasteiger partial charge in [0.2, 0.25) is 0 Å². The lowest BCUT2D eigenvalue weighted by Gasteiger charge is -2.25. The summed E-state index contributed by atoms with van der Waals surface area (Å²) in [6, 6.07) is 14.2. The van der Waals surface area contributed by atoms with Gasteiger partial charge >= 0.3 is 6.03 Å². The van der Waals surface area contributed by atoms with E-state index in [1.807, 2.05) is 35.2 Å². The zero-order valence-corrected chi connectivity index (χ0v) is 15.0. The van der Waals surface area contributed by atoms with Gasteiger partial charge in [0.05, 0.1) is 6.10 Å². The molecule has 2 N–H and O–H groups in total. The first-order chi connectivity index (χ1) is 12.5. The first-order valence-electron chi connectivity index (χ1n) is 9.09. The van der Waals surface area contributed by atoms with Crippen molar-refractivity contribution in [3.8, 4) is 0 Å². The summed E-state index contributed by atoms with van der Waals surface area (Å²) in [4.78, 5) is 14.4. The molecular weight excluding hydrogens is 331 g/mol. The number of carbonyl (C=O) groups is 1. The third kappa shape index (κ3) is 4.61. The number of nitrogens with one attached hydrogen (secondary N) is 1. The van der Waals surface area contributed by atoms with Crippen molar-refractivity contribution < 1.29 is 14.3 Å². The first kappa shape index (κ1) is 18.4. The topological polar surface area (TPSA) is 52.6 Å². The van der Waals surface area contributed by atoms with Crippen molar-refractivity contribution in [3.63, 3.8) is 0 Å². The predicted molar refractivity (Wildman–Crippen MR) is 99.1 cm³/mol. The van der Waals surface area contributed by atoms with Crippen molar-refractivity contribution in [2.75, 3.05) is 6.54 Å². The maximum absolute atomic E-state index is 13.4. The molecule has 0 saturated carbocycles. The van der Waals surface area contributed by atoms with E-state index < -0.39 is 6.10 Å². The molecule has 5 heteroatoms. The monoisotopic (exact) mass is 356 g/mol. The first-order valence-corrected chi connectivity index (χ1v) is 9.09. The molecule has 1 saturated heterocycles. The minimum atomic E-state index is -0.494. The Morgan fingerprint density at radius 3 is 2.73 bits per heavy atom. The summed E-state index contributed by atoms with van der Waals surface area (Å²) < 4.78 is 13.4. The average molecular weight is 356 g/mol. The van der Waals surface area contributed by atoms with E-state index in [1.54, 1.807) is 13.0 Å². The second kappa shape index (κ2) is 8.32. The summed E-state index contributed by atoms with van der Waals surface area (Å²) >= 11 is 0. The van der Waals surface area contributed by atoms with Gasteiger partial charge in [-0.2, -0.15) is 0 Å². The van der Waals surface area contributed by atoms with E-state index >= 15 is 0 Å². The van der Waals surface area contributed by atoms with Crippen LogP contribution in [0.4, 0.5) is 9.18 Å². The number of rotatable bonds is 5. The Morgan fingerprint density at radius 2 is 2.04 bits per heavy atom. The molecule has 1 aliphatic rings. The third-order valence-corrected chi connectivity index (χ3v) is 4.90. The molecule has 2 amide bonds. The minimum absolute atomic E-state index is 0.0801. The Morgan fingerprint density at radius 1 is 1.27 bits per heavy atom. The normalized spacial score (nSPS) is 18.0. The highest BCUT2D eigenvalue weighted by molar-refractivity contribution is 5.74. The minimum Gasteiger partial charge on any atom is -0.389 e. The molecule has 0 bridgehead atoms. The zero-order chi connectivity index (χ0) is 18.5. The number of likely N-dealkylation sites (tertiary alicyclic amines) is 1. The standard InChI is InChI=1S/C21H25FN2O2/c1-15(25)18-9-7-16(8-10-18)14-23-21(26)24-11-3-6-20(24)13-17-4-2-5-19(22)12-17/h2,4-5,7-10,12,15,20,25H,3,6,11,13-14H2,1H3,(H,23,26)/t15-,20+/m1/s1. The molecule has 0 spiro atoms. The summed E-state index contributed by atoms with van der Waals surface area (Å²) in [5.74, 6) is -0.239. The van der Waals surface area contributed by atoms with Crippen LogP contribution in [0.2, 0.25) is 0 Å². The number of urea groups is 1. The summed E-state index contributed by atoms with van der Waals surface area (Å²) in [6.45, 7) is 2.90. The fraction of sp³-hybridized carbons (Fsp3) is 0.381. The smallest absolute Gasteiger partial charge is 0.317 e. The molecule has 1 aliphatic heterocycles. The van der Waals surface area contributed by atoms with Gasteiger partial charge in [-0.25, -0.2) is 9.18 Å². The number of benzene rings is 2. The molecular formula is C21H25FN2O2. The molecule has 2 aromatic rings. The molecule has 0 unspecified atom stereocenters. The van der Waals surface area contributed by atoms with Crippen LogP contribution in [-0.2, 0) is 13.0 Å². The van der Waals surface area contributed by atoms with Gasteiger partial charge in [0.1, 0.15) is 5.82 Å². The van der Waals surface area contributed by atoms with Crippen molar-refractivity contribution >= 4 is 6.03 Å². The molecule has 2 atom stereocenters. The molecule has 2 aromatic carbocycles. The molecule has 1 fully saturated rings. The summed E-state index contributed by atoms with van der Waals surface area (Å²) in [7, 11) is 0. The Hall–Kier alpha value is -2.40. The van der Waals surface area contributed by atoms with Crippen LogP contribution in [0.5, 0.6) is 0 Å². The predicted octanol–water partition coefficient (Wildman–Crippen LogP) is 3.80. The third-order valence-electron chi connectivity index (χ3n) is 4.90. The maximum atomic E-state index is 13.4. The molecule has 4 nitrogen and oxygen atoms in total. The van der Waals surface area contributed by atoms with Gasteiger partial charge in [-0.1, -0.05) is 36.4 Å². The highest BCUT2D eigenvalue weighted by Crippen LogP contribution is 2.22. The average Bonchev–Trinajstić information content (AvgIpc) is 3.08. The van der Waals surface area contributed by atoms with Gasteiger partial charge in [0, 0.05) is 19.1 Å². The number of nitrogens with zero attached hydrogens (tertiary/aromatic N) is 1. The zero-order valence-electron chi connectivity index (χ0n) is 15.0. The van der Waals surface area contributed by atoms with E-state index in [9.17, 15) is 14.3 Å². The van der Waals surface area contributed by atoms with Crippen molar-refractivity contribution in [3.05, 3.63) is 71.0 Å². The number of aliphatic hydroxyl groups is 1. The Balaban J connectivity index is 1.56. The van der Waals surface area contributed by atoms with Crippen LogP contribution in [0.15, 0.2) is 48.5 Å². The van der Waals surface area contributed by atoms with E-state index in [0.29, 0.717) is 13.0 Å². The van der Waals surface area contributed by atoms with Crippen molar-refractivity contribution in [1.82, 2.24) is 10.2 Å². The van der Waals surface area contributed by atoms with Crippen molar-refractivity contribution in [2.24, 2.45) is 0 Å². The number of hydrogen-bond acceptors (Lipinski definition) is 2. The number of halogens is 1. The molecule has 0 radical (unpaired) electrons. The van der Waals surface area contributed by atoms with Crippen LogP contribution in [0.25, 0.3) is 0 Å². The van der Waals surface area contributed by atoms with Gasteiger partial charge in [0.15, 0.2) is 0 Å². The molecule has 1 heterocycles. The molecule has 138 valence electrons. The number of aliphatic hydroxyl groups excluding tert-OH is 1. The summed E-state index contributed by atoms with van der Waals surface area (Å²) in [5.41, 5.74) is 2.77. The quantitative estimate of drug-likeness (QED) is 0.856. The van der Waals surface area contributed by atoms with Gasteiger partial charge in [-0.15, -0.1) is 0 Å². The Bertz CT molecular complexity index is 746. The van der Waals surface area contributed by atoms with Crippen molar-refractivity contribution in [1.29, 1.82) is 0 Å². The van der Waals surface area contributed by atoms with Crippen LogP contribution in [0.1, 0.15) is 42.6 Å². The van der Waals surface area contributed by atoms with Crippen LogP contribution >= 0.6 is 0 Å². The summed E-state index contributed by atoms with van der Waals surface area (Å²) in [6.07, 6.45) is 2.09. The van der Waals surface area contributed by atoms with E-state index in [2.05, 4.69) is 5.32 Å². The lowest BCUT2D eigenvalue weighted by atomic mass is 10.0. The van der Waals surface area contributed by atoms with Gasteiger partial charge in [0.25, 0.3) is 0 Å². The fourth-order valence-corrected chi connectivity index (χ4v) is 3.44. The highest BCUT2D eigenvalue weighted by atomic mass is 19.1. The van der Waals surface area contributed by atoms with Crippen LogP contribution in [-0.4, -0.2) is 28.6 Å². The molecule has 0 aromatic heterocycles. The van der Waals surface area contributed by atoms with Gasteiger partial charge < -0.3 is 15.3 Å². The Kier molecular flexibility index (Phi) is 5.89. The van der Waals surface area contributed by atoms with Crippen LogP contribution in [0, 0.1) is 5.82 Å². The van der Waals surface area contributed by atoms with Crippen LogP contribution in [0.3, 0.4) is 0 Å². The molecule has 3 rings (SSSR count). The van der Waals surface area contributed by atoms with Crippen LogP contribution < -0.4 is 5.32 Å². The molecule has 0 aliphatic carbocycles. The Labute approximate surface area is 153 Å². The van der Waals surface area contributed by atoms with Gasteiger partial charge in [-0.3, -0.25) is 0 Å². The van der Waals surface area contributed by atoms with Crippen molar-refractivity contribution in [2.45, 2.75) is 44.9 Å². The lowest BCUT2D eigenvalue weighted by molar-refractivity contribution is 0.191. The lowest BCUT2D eigenvalue weighted by Crippen LogP contribution is -2.43.